The number of nitrogens with zero attached hydrogens (tertiary/aromatic N) is 6. The van der Waals surface area contributed by atoms with Crippen molar-refractivity contribution in [3.8, 4) is 0 Å². The molecule has 1 aliphatic heterocycles. The fourth-order valence-electron chi connectivity index (χ4n) is 2.85. The number of hydrogen-bond donors (Lipinski definition) is 1. The zero-order chi connectivity index (χ0) is 19.3. The molecule has 0 aromatic carbocycles. The molecule has 1 unspecified atom stereocenters. The number of fused-ring (bicyclic) bond motifs is 1. The Morgan fingerprint density at radius 2 is 1.85 bits per heavy atom. The number of aryl methyl sites for hydroxylation is 1. The molecule has 1 N–H and O–H groups in total. The van der Waals surface area contributed by atoms with E-state index in [1.165, 1.54) is 0 Å². The van der Waals surface area contributed by atoms with Gasteiger partial charge in [0.1, 0.15) is 5.82 Å². The molecule has 3 heterocycles. The Balaban J connectivity index is 2.04. The highest BCUT2D eigenvalue weighted by molar-refractivity contribution is 5.82. The van der Waals surface area contributed by atoms with E-state index in [2.05, 4.69) is 20.2 Å². The van der Waals surface area contributed by atoms with Crippen LogP contribution in [0, 0.1) is 0 Å². The first-order chi connectivity index (χ1) is 11.8. The summed E-state index contributed by atoms with van der Waals surface area (Å²) in [4.78, 5) is 11.9. The van der Waals surface area contributed by atoms with E-state index >= 15 is 0 Å². The summed E-state index contributed by atoms with van der Waals surface area (Å²) in [5.74, 6) is 1.05. The Hall–Kier alpha value is -1.97. The van der Waals surface area contributed by atoms with Gasteiger partial charge in [0.15, 0.2) is 11.3 Å². The molecule has 0 amide bonds. The van der Waals surface area contributed by atoms with Gasteiger partial charge in [-0.3, -0.25) is 0 Å². The molecule has 1 aliphatic rings. The zero-order valence-corrected chi connectivity index (χ0v) is 15.3. The minimum Gasteiger partial charge on any atom is -0.388 e. The zero-order valence-electron chi connectivity index (χ0n) is 15.3. The third-order valence-electron chi connectivity index (χ3n) is 4.29. The van der Waals surface area contributed by atoms with Crippen molar-refractivity contribution in [2.75, 3.05) is 18.0 Å². The van der Waals surface area contributed by atoms with Crippen LogP contribution in [0.4, 0.5) is 19.0 Å². The Morgan fingerprint density at radius 3 is 2.38 bits per heavy atom. The van der Waals surface area contributed by atoms with Crippen LogP contribution < -0.4 is 4.90 Å². The van der Waals surface area contributed by atoms with Crippen LogP contribution in [-0.2, 0) is 12.0 Å². The quantitative estimate of drug-likeness (QED) is 0.891. The summed E-state index contributed by atoms with van der Waals surface area (Å²) in [6.07, 6.45) is -4.72. The molecular weight excluding hydrogens is 349 g/mol. The highest BCUT2D eigenvalue weighted by Crippen LogP contribution is 2.31. The summed E-state index contributed by atoms with van der Waals surface area (Å²) in [6.45, 7) is 8.18. The Bertz CT molecular complexity index is 809. The number of aromatic nitrogens is 5. The Labute approximate surface area is 149 Å². The molecule has 0 bridgehead atoms. The first kappa shape index (κ1) is 18.8. The highest BCUT2D eigenvalue weighted by Gasteiger charge is 2.35. The number of alkyl halides is 3. The fraction of sp³-hybridized carbons (Fsp3) is 0.750. The number of aliphatic hydroxyl groups is 1. The molecule has 2 aromatic rings. The van der Waals surface area contributed by atoms with Crippen LogP contribution in [0.2, 0.25) is 0 Å². The lowest BCUT2D eigenvalue weighted by atomic mass is 9.96. The molecule has 1 saturated heterocycles. The van der Waals surface area contributed by atoms with Gasteiger partial charge >= 0.3 is 6.18 Å². The van der Waals surface area contributed by atoms with Gasteiger partial charge in [-0.2, -0.15) is 18.0 Å². The van der Waals surface area contributed by atoms with Crippen LogP contribution in [0.25, 0.3) is 11.2 Å². The molecule has 0 aliphatic carbocycles. The standard InChI is InChI=1S/C16H23F3N6O/c1-14(2,3)13-20-11-10(22-25(23-11)8-6-16(17,18)19)12(21-13)24-7-5-15(4,26)9-24/h26H,5-9H2,1-4H3. The van der Waals surface area contributed by atoms with Crippen molar-refractivity contribution in [3.63, 3.8) is 0 Å². The van der Waals surface area contributed by atoms with Gasteiger partial charge in [0, 0.05) is 18.5 Å². The van der Waals surface area contributed by atoms with E-state index in [0.717, 1.165) is 4.80 Å². The molecule has 0 spiro atoms. The topological polar surface area (TPSA) is 80.0 Å². The monoisotopic (exact) mass is 372 g/mol. The maximum absolute atomic E-state index is 12.5. The highest BCUT2D eigenvalue weighted by atomic mass is 19.4. The normalized spacial score (nSPS) is 21.8. The van der Waals surface area contributed by atoms with Crippen molar-refractivity contribution in [3.05, 3.63) is 5.82 Å². The second-order valence-corrected chi connectivity index (χ2v) is 8.12. The smallest absolute Gasteiger partial charge is 0.388 e. The lowest BCUT2D eigenvalue weighted by Gasteiger charge is -2.22. The van der Waals surface area contributed by atoms with E-state index < -0.39 is 18.2 Å². The lowest BCUT2D eigenvalue weighted by molar-refractivity contribution is -0.137. The van der Waals surface area contributed by atoms with E-state index in [-0.39, 0.29) is 17.6 Å². The number of anilines is 1. The Morgan fingerprint density at radius 1 is 1.15 bits per heavy atom. The van der Waals surface area contributed by atoms with Gasteiger partial charge in [-0.25, -0.2) is 9.97 Å². The number of β-amino-alcohol motifs (C(OH)–C–C–N with tert-alkyl or cyclic N) is 1. The number of hydrogen-bond acceptors (Lipinski definition) is 6. The van der Waals surface area contributed by atoms with Gasteiger partial charge in [0.2, 0.25) is 5.65 Å². The second kappa shape index (κ2) is 6.04. The van der Waals surface area contributed by atoms with Crippen LogP contribution >= 0.6 is 0 Å². The van der Waals surface area contributed by atoms with Crippen molar-refractivity contribution in [1.82, 2.24) is 25.0 Å². The third kappa shape index (κ3) is 4.05. The average Bonchev–Trinajstić information content (AvgIpc) is 3.05. The second-order valence-electron chi connectivity index (χ2n) is 8.12. The van der Waals surface area contributed by atoms with E-state index in [9.17, 15) is 18.3 Å². The van der Waals surface area contributed by atoms with Gasteiger partial charge in [-0.1, -0.05) is 20.8 Å². The number of halogens is 3. The largest absolute Gasteiger partial charge is 0.390 e. The van der Waals surface area contributed by atoms with E-state index in [0.29, 0.717) is 36.7 Å². The fourth-order valence-corrected chi connectivity index (χ4v) is 2.85. The van der Waals surface area contributed by atoms with Crippen LogP contribution in [0.3, 0.4) is 0 Å². The van der Waals surface area contributed by atoms with Gasteiger partial charge in [-0.05, 0) is 13.3 Å². The molecule has 26 heavy (non-hydrogen) atoms. The molecular formula is C16H23F3N6O. The predicted octanol–water partition coefficient (Wildman–Crippen LogP) is 2.43. The summed E-state index contributed by atoms with van der Waals surface area (Å²) < 4.78 is 37.5. The lowest BCUT2D eigenvalue weighted by Crippen LogP contribution is -2.31. The summed E-state index contributed by atoms with van der Waals surface area (Å²) in [6, 6.07) is 0. The van der Waals surface area contributed by atoms with Gasteiger partial charge in [0.25, 0.3) is 0 Å². The van der Waals surface area contributed by atoms with Crippen LogP contribution in [0.5, 0.6) is 0 Å². The molecule has 1 atom stereocenters. The first-order valence-electron chi connectivity index (χ1n) is 8.52. The summed E-state index contributed by atoms with van der Waals surface area (Å²) in [5.41, 5.74) is -0.571. The predicted molar refractivity (Wildman–Crippen MR) is 89.9 cm³/mol. The van der Waals surface area contributed by atoms with Gasteiger partial charge in [-0.15, -0.1) is 10.2 Å². The van der Waals surface area contributed by atoms with E-state index in [1.54, 1.807) is 6.92 Å². The van der Waals surface area contributed by atoms with Crippen molar-refractivity contribution in [1.29, 1.82) is 0 Å². The van der Waals surface area contributed by atoms with Crippen molar-refractivity contribution in [2.24, 2.45) is 0 Å². The SMILES string of the molecule is CC1(O)CCN(c2nc(C(C)(C)C)nc3nn(CCC(F)(F)F)nc23)C1. The molecule has 2 aromatic heterocycles. The van der Waals surface area contributed by atoms with Crippen molar-refractivity contribution < 1.29 is 18.3 Å². The van der Waals surface area contributed by atoms with Crippen LogP contribution in [0.15, 0.2) is 0 Å². The summed E-state index contributed by atoms with van der Waals surface area (Å²) in [7, 11) is 0. The molecule has 0 saturated carbocycles. The van der Waals surface area contributed by atoms with Crippen LogP contribution in [-0.4, -0.2) is 54.9 Å². The van der Waals surface area contributed by atoms with Gasteiger partial charge in [0.05, 0.1) is 18.6 Å². The Kier molecular flexibility index (Phi) is 4.37. The maximum Gasteiger partial charge on any atom is 0.390 e. The summed E-state index contributed by atoms with van der Waals surface area (Å²) in [5, 5.41) is 18.6. The first-order valence-corrected chi connectivity index (χ1v) is 8.52. The van der Waals surface area contributed by atoms with Gasteiger partial charge < -0.3 is 10.0 Å². The molecule has 7 nitrogen and oxygen atoms in total. The number of rotatable bonds is 3. The minimum atomic E-state index is -4.28. The van der Waals surface area contributed by atoms with E-state index in [4.69, 9.17) is 0 Å². The third-order valence-corrected chi connectivity index (χ3v) is 4.29. The van der Waals surface area contributed by atoms with Crippen molar-refractivity contribution >= 4 is 17.0 Å². The average molecular weight is 372 g/mol. The van der Waals surface area contributed by atoms with Crippen LogP contribution in [0.1, 0.15) is 46.4 Å². The minimum absolute atomic E-state index is 0.272. The van der Waals surface area contributed by atoms with E-state index in [1.807, 2.05) is 25.7 Å². The molecule has 1 fully saturated rings. The molecule has 144 valence electrons. The molecule has 3 rings (SSSR count). The summed E-state index contributed by atoms with van der Waals surface area (Å²) >= 11 is 0. The molecule has 0 radical (unpaired) electrons. The van der Waals surface area contributed by atoms with Crippen molar-refractivity contribution in [2.45, 2.75) is 64.3 Å². The maximum atomic E-state index is 12.5. The molecule has 10 heteroatoms.